The Morgan fingerprint density at radius 2 is 0.792 bits per heavy atom. The number of rotatable bonds is 11. The Balaban J connectivity index is 1.01. The van der Waals surface area contributed by atoms with Gasteiger partial charge in [0.1, 0.15) is 5.82 Å². The second-order valence-electron chi connectivity index (χ2n) is 18.2. The number of benzene rings is 10. The third kappa shape index (κ3) is 8.71. The molecule has 9 heteroatoms. The van der Waals surface area contributed by atoms with E-state index in [4.69, 9.17) is 23.1 Å². The minimum Gasteiger partial charge on any atom is -0.310 e. The van der Waals surface area contributed by atoms with E-state index in [9.17, 15) is 10.5 Å². The molecule has 0 bridgehead atoms. The second kappa shape index (κ2) is 20.3. The number of para-hydroxylation sites is 6. The summed E-state index contributed by atoms with van der Waals surface area (Å²) in [5.41, 5.74) is 14.3. The van der Waals surface area contributed by atoms with Crippen LogP contribution < -0.4 is 9.80 Å². The molecule has 0 aliphatic carbocycles. The average Bonchev–Trinajstić information content (AvgIpc) is 4.03. The Bertz CT molecular complexity index is 4040. The van der Waals surface area contributed by atoms with Crippen molar-refractivity contribution in [3.63, 3.8) is 0 Å². The number of fused-ring (bicyclic) bond motifs is 3. The van der Waals surface area contributed by atoms with Gasteiger partial charge in [-0.3, -0.25) is 0 Å². The molecule has 2 aromatic heterocycles. The third-order valence-electron chi connectivity index (χ3n) is 13.7. The van der Waals surface area contributed by atoms with E-state index >= 15 is 0 Å². The van der Waals surface area contributed by atoms with Gasteiger partial charge in [-0.15, -0.1) is 0 Å². The van der Waals surface area contributed by atoms with Crippen molar-refractivity contribution in [2.75, 3.05) is 9.80 Å². The molecule has 0 saturated heterocycles. The molecule has 0 unspecified atom stereocenters. The maximum Gasteiger partial charge on any atom is 0.198 e. The first-order chi connectivity index (χ1) is 38.0. The molecule has 0 aliphatic heterocycles. The first kappa shape index (κ1) is 46.7. The van der Waals surface area contributed by atoms with Gasteiger partial charge in [0.15, 0.2) is 11.4 Å². The zero-order chi connectivity index (χ0) is 52.2. The highest BCUT2D eigenvalue weighted by molar-refractivity contribution is 6.12. The molecule has 2 heterocycles. The lowest BCUT2D eigenvalue weighted by Gasteiger charge is -2.26. The van der Waals surface area contributed by atoms with Crippen LogP contribution in [-0.4, -0.2) is 14.5 Å². The fourth-order valence-electron chi connectivity index (χ4n) is 10.2. The first-order valence-electron chi connectivity index (χ1n) is 24.8. The van der Waals surface area contributed by atoms with Crippen molar-refractivity contribution in [1.82, 2.24) is 14.5 Å². The van der Waals surface area contributed by atoms with Gasteiger partial charge >= 0.3 is 0 Å². The number of nitrogens with zero attached hydrogens (tertiary/aromatic N) is 9. The summed E-state index contributed by atoms with van der Waals surface area (Å²) in [6.07, 6.45) is 0. The summed E-state index contributed by atoms with van der Waals surface area (Å²) < 4.78 is 2.15. The number of nitriles is 2. The van der Waals surface area contributed by atoms with Crippen molar-refractivity contribution >= 4 is 67.3 Å². The summed E-state index contributed by atoms with van der Waals surface area (Å²) in [5, 5.41) is 24.0. The van der Waals surface area contributed by atoms with E-state index in [1.807, 2.05) is 146 Å². The number of anilines is 6. The van der Waals surface area contributed by atoms with E-state index in [-0.39, 0.29) is 0 Å². The van der Waals surface area contributed by atoms with Crippen LogP contribution in [-0.2, 0) is 0 Å². The molecule has 12 rings (SSSR count). The molecule has 0 amide bonds. The van der Waals surface area contributed by atoms with Crippen molar-refractivity contribution in [3.05, 3.63) is 283 Å². The van der Waals surface area contributed by atoms with Crippen LogP contribution in [0.2, 0.25) is 0 Å². The Morgan fingerprint density at radius 1 is 0.390 bits per heavy atom. The van der Waals surface area contributed by atoms with Crippen molar-refractivity contribution in [2.45, 2.75) is 0 Å². The second-order valence-corrected chi connectivity index (χ2v) is 18.2. The van der Waals surface area contributed by atoms with Crippen molar-refractivity contribution in [1.29, 1.82) is 10.5 Å². The van der Waals surface area contributed by atoms with Gasteiger partial charge in [0, 0.05) is 72.8 Å². The Hall–Kier alpha value is -11.4. The molecular weight excluding hydrogens is 943 g/mol. The molecule has 0 aliphatic rings. The lowest BCUT2D eigenvalue weighted by molar-refractivity contribution is 1.17. The van der Waals surface area contributed by atoms with Crippen LogP contribution in [0.3, 0.4) is 0 Å². The first-order valence-corrected chi connectivity index (χ1v) is 24.8. The van der Waals surface area contributed by atoms with Gasteiger partial charge < -0.3 is 14.4 Å². The van der Waals surface area contributed by atoms with E-state index in [0.29, 0.717) is 67.7 Å². The number of aromatic nitrogens is 3. The van der Waals surface area contributed by atoms with Crippen LogP contribution in [0.15, 0.2) is 249 Å². The SMILES string of the molecule is [C-]#[N+]c1ccccc1-c1cc(-c2ccc(-c3c(C#N)cc(-n4c5ccc(N(c6ccccc6)c6ccccc6)cc5c5cc(N(c6ccccc6)c6ccccc6)ccc54)cc3C#N)cc2)nc(-c2ccccc2[N+]#[C-])n1. The van der Waals surface area contributed by atoms with Crippen LogP contribution in [0.5, 0.6) is 0 Å². The van der Waals surface area contributed by atoms with E-state index < -0.39 is 0 Å². The van der Waals surface area contributed by atoms with Crippen molar-refractivity contribution in [2.24, 2.45) is 0 Å². The number of hydrogen-bond donors (Lipinski definition) is 0. The highest BCUT2D eigenvalue weighted by Gasteiger charge is 2.23. The Morgan fingerprint density at radius 3 is 1.25 bits per heavy atom. The minimum absolute atomic E-state index is 0.340. The predicted octanol–water partition coefficient (Wildman–Crippen LogP) is 18.0. The predicted molar refractivity (Wildman–Crippen MR) is 309 cm³/mol. The van der Waals surface area contributed by atoms with Crippen molar-refractivity contribution in [3.8, 4) is 62.9 Å². The molecular formula is C68H41N9. The summed E-state index contributed by atoms with van der Waals surface area (Å²) in [6, 6.07) is 86.9. The van der Waals surface area contributed by atoms with E-state index in [1.165, 1.54) is 0 Å². The molecule has 0 radical (unpaired) electrons. The zero-order valence-corrected chi connectivity index (χ0v) is 41.2. The maximum absolute atomic E-state index is 11.0. The van der Waals surface area contributed by atoms with Gasteiger partial charge in [0.2, 0.25) is 0 Å². The molecule has 0 N–H and O–H groups in total. The number of hydrogen-bond acceptors (Lipinski definition) is 6. The molecule has 0 atom stereocenters. The molecule has 10 aromatic carbocycles. The van der Waals surface area contributed by atoms with Gasteiger partial charge in [-0.2, -0.15) is 10.5 Å². The fourth-order valence-corrected chi connectivity index (χ4v) is 10.2. The minimum atomic E-state index is 0.340. The summed E-state index contributed by atoms with van der Waals surface area (Å²) in [5.74, 6) is 0.356. The highest BCUT2D eigenvalue weighted by Crippen LogP contribution is 2.44. The molecule has 0 saturated carbocycles. The third-order valence-corrected chi connectivity index (χ3v) is 13.7. The van der Waals surface area contributed by atoms with Crippen LogP contribution in [0.25, 0.3) is 82.2 Å². The summed E-state index contributed by atoms with van der Waals surface area (Å²) in [6.45, 7) is 15.7. The van der Waals surface area contributed by atoms with Crippen LogP contribution in [0.4, 0.5) is 45.5 Å². The molecule has 0 spiro atoms. The van der Waals surface area contributed by atoms with E-state index in [0.717, 1.165) is 61.5 Å². The average molecular weight is 984 g/mol. The Labute approximate surface area is 445 Å². The largest absolute Gasteiger partial charge is 0.310 e. The molecule has 12 aromatic rings. The quantitative estimate of drug-likeness (QED) is 0.120. The summed E-state index contributed by atoms with van der Waals surface area (Å²) in [7, 11) is 0. The topological polar surface area (TPSA) is 93.5 Å². The molecule has 0 fully saturated rings. The van der Waals surface area contributed by atoms with Gasteiger partial charge in [-0.1, -0.05) is 146 Å². The van der Waals surface area contributed by atoms with E-state index in [2.05, 4.69) is 121 Å². The van der Waals surface area contributed by atoms with Crippen LogP contribution >= 0.6 is 0 Å². The van der Waals surface area contributed by atoms with Crippen molar-refractivity contribution < 1.29 is 0 Å². The van der Waals surface area contributed by atoms with Gasteiger partial charge in [0.25, 0.3) is 0 Å². The van der Waals surface area contributed by atoms with E-state index in [1.54, 1.807) is 18.2 Å². The van der Waals surface area contributed by atoms with Gasteiger partial charge in [0.05, 0.1) is 58.8 Å². The van der Waals surface area contributed by atoms with Crippen LogP contribution in [0, 0.1) is 35.8 Å². The fraction of sp³-hybridized carbons (Fsp3) is 0. The van der Waals surface area contributed by atoms with Gasteiger partial charge in [-0.25, -0.2) is 19.7 Å². The summed E-state index contributed by atoms with van der Waals surface area (Å²) in [4.78, 5) is 21.9. The normalized spacial score (nSPS) is 10.8. The van der Waals surface area contributed by atoms with Crippen LogP contribution in [0.1, 0.15) is 11.1 Å². The molecule has 77 heavy (non-hydrogen) atoms. The lowest BCUT2D eigenvalue weighted by Crippen LogP contribution is -2.09. The summed E-state index contributed by atoms with van der Waals surface area (Å²) >= 11 is 0. The smallest absolute Gasteiger partial charge is 0.198 e. The Kier molecular flexibility index (Phi) is 12.3. The molecule has 9 nitrogen and oxygen atoms in total. The van der Waals surface area contributed by atoms with Gasteiger partial charge in [-0.05, 0) is 109 Å². The lowest BCUT2D eigenvalue weighted by atomic mass is 9.93. The monoisotopic (exact) mass is 983 g/mol. The maximum atomic E-state index is 11.0. The zero-order valence-electron chi connectivity index (χ0n) is 41.2. The highest BCUT2D eigenvalue weighted by atomic mass is 15.1. The molecule has 358 valence electrons. The standard InChI is InChI=1S/C68H41N9/c1-71-61-29-17-15-27-57(61)64-43-63(73-68(74-64)58-28-16-18-30-62(58)72-2)46-31-33-47(34-32-46)67-48(44-69)39-56(40-49(67)45-70)77-65-37-35-54(75(50-19-7-3-8-20-50)51-21-9-4-10-22-51)41-59(65)60-42-55(36-38-66(60)77)76(52-23-11-5-12-24-52)53-25-13-6-14-26-53/h3-43H.